The van der Waals surface area contributed by atoms with E-state index >= 15 is 0 Å². The van der Waals surface area contributed by atoms with E-state index in [2.05, 4.69) is 4.98 Å². The summed E-state index contributed by atoms with van der Waals surface area (Å²) in [5.74, 6) is -0.0195. The van der Waals surface area contributed by atoms with Crippen molar-refractivity contribution in [3.8, 4) is 17.4 Å². The number of aliphatic carboxylic acids is 1. The van der Waals surface area contributed by atoms with Crippen molar-refractivity contribution in [1.29, 1.82) is 0 Å². The van der Waals surface area contributed by atoms with Crippen LogP contribution in [0.3, 0.4) is 0 Å². The Balaban J connectivity index is 1.63. The van der Waals surface area contributed by atoms with E-state index in [1.54, 1.807) is 31.2 Å². The number of aryl methyl sites for hydroxylation is 1. The summed E-state index contributed by atoms with van der Waals surface area (Å²) >= 11 is 6.26. The predicted molar refractivity (Wildman–Crippen MR) is 113 cm³/mol. The van der Waals surface area contributed by atoms with Crippen LogP contribution in [0.25, 0.3) is 6.08 Å². The Kier molecular flexibility index (Phi) is 7.05. The molecule has 5 nitrogen and oxygen atoms in total. The number of nitrogens with zero attached hydrogens (tertiary/aromatic N) is 1. The monoisotopic (exact) mass is 463 g/mol. The number of ether oxygens (including phenoxy) is 2. The summed E-state index contributed by atoms with van der Waals surface area (Å²) in [6, 6.07) is 11.2. The molecular weight excluding hydrogens is 447 g/mol. The molecule has 0 radical (unpaired) electrons. The van der Waals surface area contributed by atoms with Crippen molar-refractivity contribution < 1.29 is 32.5 Å². The van der Waals surface area contributed by atoms with Gasteiger partial charge in [-0.15, -0.1) is 0 Å². The molecule has 0 aliphatic rings. The highest BCUT2D eigenvalue weighted by atomic mass is 35.5. The number of halogens is 4. The normalized spacial score (nSPS) is 11.5. The average Bonchev–Trinajstić information content (AvgIpc) is 2.74. The van der Waals surface area contributed by atoms with Gasteiger partial charge in [-0.2, -0.15) is 13.2 Å². The van der Waals surface area contributed by atoms with Gasteiger partial charge >= 0.3 is 12.1 Å². The zero-order valence-electron chi connectivity index (χ0n) is 16.7. The minimum absolute atomic E-state index is 0.0796. The largest absolute Gasteiger partial charge is 0.487 e. The number of carboxylic acid groups (broad SMARTS) is 1. The summed E-state index contributed by atoms with van der Waals surface area (Å²) in [7, 11) is 0. The first-order valence-electron chi connectivity index (χ1n) is 9.26. The molecule has 1 aromatic heterocycles. The fourth-order valence-corrected chi connectivity index (χ4v) is 3.04. The first-order chi connectivity index (χ1) is 15.1. The maximum atomic E-state index is 12.6. The first kappa shape index (κ1) is 23.1. The minimum Gasteiger partial charge on any atom is -0.487 e. The lowest BCUT2D eigenvalue weighted by atomic mass is 10.1. The quantitative estimate of drug-likeness (QED) is 0.403. The Morgan fingerprint density at radius 2 is 1.88 bits per heavy atom. The molecule has 0 fully saturated rings. The van der Waals surface area contributed by atoms with Crippen LogP contribution in [0.1, 0.15) is 22.3 Å². The molecule has 0 saturated carbocycles. The second kappa shape index (κ2) is 9.74. The second-order valence-corrected chi connectivity index (χ2v) is 7.15. The van der Waals surface area contributed by atoms with Crippen LogP contribution in [-0.4, -0.2) is 16.1 Å². The van der Waals surface area contributed by atoms with E-state index in [1.165, 1.54) is 24.4 Å². The average molecular weight is 464 g/mol. The molecule has 2 aromatic carbocycles. The number of rotatable bonds is 7. The molecule has 32 heavy (non-hydrogen) atoms. The second-order valence-electron chi connectivity index (χ2n) is 6.74. The number of carboxylic acids is 1. The molecule has 3 rings (SSSR count). The molecule has 0 saturated heterocycles. The Hall–Kier alpha value is -3.52. The highest BCUT2D eigenvalue weighted by Crippen LogP contribution is 2.34. The fourth-order valence-electron chi connectivity index (χ4n) is 2.72. The van der Waals surface area contributed by atoms with Gasteiger partial charge in [0, 0.05) is 12.1 Å². The standard InChI is InChI=1S/C23H17ClF3NO4/c1-14-10-16(4-9-21(29)30)11-19(24)22(14)32-20-8-7-18(12-28-20)31-13-15-2-5-17(6-3-15)23(25,26)27/h2-12H,13H2,1H3,(H,29,30)/b9-4+. The van der Waals surface area contributed by atoms with Gasteiger partial charge in [-0.05, 0) is 60.0 Å². The van der Waals surface area contributed by atoms with E-state index < -0.39 is 17.7 Å². The lowest BCUT2D eigenvalue weighted by Crippen LogP contribution is -2.05. The van der Waals surface area contributed by atoms with Crippen LogP contribution in [0.4, 0.5) is 13.2 Å². The molecule has 0 atom stereocenters. The van der Waals surface area contributed by atoms with Gasteiger partial charge in [-0.3, -0.25) is 0 Å². The molecule has 0 aliphatic carbocycles. The van der Waals surface area contributed by atoms with Gasteiger partial charge in [-0.1, -0.05) is 23.7 Å². The Labute approximate surface area is 186 Å². The molecule has 1 heterocycles. The minimum atomic E-state index is -4.38. The highest BCUT2D eigenvalue weighted by Gasteiger charge is 2.29. The summed E-state index contributed by atoms with van der Waals surface area (Å²) in [5, 5.41) is 9.02. The van der Waals surface area contributed by atoms with E-state index in [0.29, 0.717) is 33.2 Å². The van der Waals surface area contributed by atoms with Gasteiger partial charge in [0.1, 0.15) is 12.4 Å². The molecular formula is C23H17ClF3NO4. The van der Waals surface area contributed by atoms with E-state index in [-0.39, 0.29) is 12.5 Å². The van der Waals surface area contributed by atoms with E-state index in [1.807, 2.05) is 0 Å². The van der Waals surface area contributed by atoms with Crippen molar-refractivity contribution in [2.75, 3.05) is 0 Å². The van der Waals surface area contributed by atoms with Gasteiger partial charge in [0.25, 0.3) is 0 Å². The van der Waals surface area contributed by atoms with E-state index in [9.17, 15) is 18.0 Å². The van der Waals surface area contributed by atoms with Crippen molar-refractivity contribution >= 4 is 23.6 Å². The third-order valence-corrected chi connectivity index (χ3v) is 4.55. The Morgan fingerprint density at radius 3 is 2.44 bits per heavy atom. The number of benzene rings is 2. The zero-order valence-corrected chi connectivity index (χ0v) is 17.4. The van der Waals surface area contributed by atoms with Gasteiger partial charge < -0.3 is 14.6 Å². The summed E-state index contributed by atoms with van der Waals surface area (Å²) in [6.07, 6.45) is -0.523. The lowest BCUT2D eigenvalue weighted by molar-refractivity contribution is -0.137. The van der Waals surface area contributed by atoms with E-state index in [0.717, 1.165) is 18.2 Å². The first-order valence-corrected chi connectivity index (χ1v) is 9.63. The summed E-state index contributed by atoms with van der Waals surface area (Å²) in [6.45, 7) is 1.84. The van der Waals surface area contributed by atoms with Crippen molar-refractivity contribution in [3.63, 3.8) is 0 Å². The summed E-state index contributed by atoms with van der Waals surface area (Å²) < 4.78 is 49.1. The fraction of sp³-hybridized carbons (Fsp3) is 0.130. The third-order valence-electron chi connectivity index (χ3n) is 4.27. The third kappa shape index (κ3) is 6.24. The molecule has 0 spiro atoms. The number of hydrogen-bond donors (Lipinski definition) is 1. The van der Waals surface area contributed by atoms with Crippen molar-refractivity contribution in [1.82, 2.24) is 4.98 Å². The van der Waals surface area contributed by atoms with Crippen LogP contribution in [0, 0.1) is 6.92 Å². The number of aromatic nitrogens is 1. The van der Waals surface area contributed by atoms with Crippen molar-refractivity contribution in [3.05, 3.63) is 88.1 Å². The van der Waals surface area contributed by atoms with Crippen molar-refractivity contribution in [2.45, 2.75) is 19.7 Å². The molecule has 3 aromatic rings. The maximum absolute atomic E-state index is 12.6. The Bertz CT molecular complexity index is 1100. The molecule has 0 bridgehead atoms. The predicted octanol–water partition coefficient (Wildman–Crippen LogP) is 6.53. The van der Waals surface area contributed by atoms with Crippen LogP contribution >= 0.6 is 11.6 Å². The number of carbonyl (C=O) groups is 1. The molecule has 9 heteroatoms. The highest BCUT2D eigenvalue weighted by molar-refractivity contribution is 6.32. The smallest absolute Gasteiger partial charge is 0.416 e. The van der Waals surface area contributed by atoms with Crippen molar-refractivity contribution in [2.24, 2.45) is 0 Å². The lowest BCUT2D eigenvalue weighted by Gasteiger charge is -2.12. The SMILES string of the molecule is Cc1cc(/C=C/C(=O)O)cc(Cl)c1Oc1ccc(OCc2ccc(C(F)(F)F)cc2)cn1. The molecule has 1 N–H and O–H groups in total. The van der Waals surface area contributed by atoms with Gasteiger partial charge in [0.15, 0.2) is 5.75 Å². The number of pyridine rings is 1. The van der Waals surface area contributed by atoms with E-state index in [4.69, 9.17) is 26.2 Å². The summed E-state index contributed by atoms with van der Waals surface area (Å²) in [5.41, 5.74) is 1.16. The Morgan fingerprint density at radius 1 is 1.16 bits per heavy atom. The van der Waals surface area contributed by atoms with Crippen LogP contribution in [-0.2, 0) is 17.6 Å². The molecule has 0 aliphatic heterocycles. The van der Waals surface area contributed by atoms with Crippen LogP contribution in [0.5, 0.6) is 17.4 Å². The molecule has 166 valence electrons. The van der Waals surface area contributed by atoms with Crippen LogP contribution in [0.2, 0.25) is 5.02 Å². The van der Waals surface area contributed by atoms with Crippen LogP contribution < -0.4 is 9.47 Å². The van der Waals surface area contributed by atoms with Gasteiger partial charge in [-0.25, -0.2) is 9.78 Å². The topological polar surface area (TPSA) is 68.7 Å². The van der Waals surface area contributed by atoms with Gasteiger partial charge in [0.05, 0.1) is 16.8 Å². The summed E-state index contributed by atoms with van der Waals surface area (Å²) in [4.78, 5) is 14.8. The molecule has 0 amide bonds. The molecule has 0 unspecified atom stereocenters. The maximum Gasteiger partial charge on any atom is 0.416 e. The van der Waals surface area contributed by atoms with Gasteiger partial charge in [0.2, 0.25) is 5.88 Å². The number of alkyl halides is 3. The van der Waals surface area contributed by atoms with Crippen LogP contribution in [0.15, 0.2) is 60.8 Å². The zero-order chi connectivity index (χ0) is 23.3. The number of hydrogen-bond acceptors (Lipinski definition) is 4.